The van der Waals surface area contributed by atoms with Gasteiger partial charge in [0.2, 0.25) is 0 Å². The van der Waals surface area contributed by atoms with Gasteiger partial charge in [-0.25, -0.2) is 4.79 Å². The highest BCUT2D eigenvalue weighted by molar-refractivity contribution is 7.71. The van der Waals surface area contributed by atoms with Crippen LogP contribution in [0.1, 0.15) is 12.8 Å². The molecule has 0 saturated carbocycles. The molecule has 27 heavy (non-hydrogen) atoms. The zero-order valence-corrected chi connectivity index (χ0v) is 15.4. The van der Waals surface area contributed by atoms with Crippen molar-refractivity contribution in [3.8, 4) is 5.75 Å². The van der Waals surface area contributed by atoms with Crippen molar-refractivity contribution in [2.24, 2.45) is 0 Å². The van der Waals surface area contributed by atoms with Crippen molar-refractivity contribution in [3.63, 3.8) is 0 Å². The molecule has 0 radical (unpaired) electrons. The first-order chi connectivity index (χ1) is 13.1. The number of aliphatic carboxylic acids is 1. The van der Waals surface area contributed by atoms with Crippen LogP contribution in [-0.4, -0.2) is 40.4 Å². The summed E-state index contributed by atoms with van der Waals surface area (Å²) in [5.74, 6) is -0.0451. The lowest BCUT2D eigenvalue weighted by molar-refractivity contribution is -0.138. The fraction of sp³-hybridized carbons (Fsp3) is 0.263. The number of benzene rings is 2. The number of aromatic amines is 2. The maximum atomic E-state index is 11.3. The predicted octanol–water partition coefficient (Wildman–Crippen LogP) is 3.73. The number of nitrogens with zero attached hydrogens (tertiary/aromatic N) is 1. The molecular weight excluding hydrogens is 364 g/mol. The van der Waals surface area contributed by atoms with Crippen LogP contribution in [0, 0.1) is 4.77 Å². The first kappa shape index (κ1) is 17.4. The molecule has 1 unspecified atom stereocenters. The van der Waals surface area contributed by atoms with Crippen molar-refractivity contribution in [2.75, 3.05) is 23.5 Å². The second kappa shape index (κ2) is 7.32. The van der Waals surface area contributed by atoms with Crippen LogP contribution >= 0.6 is 12.2 Å². The molecule has 3 aromatic rings. The van der Waals surface area contributed by atoms with E-state index in [9.17, 15) is 9.90 Å². The third-order valence-corrected chi connectivity index (χ3v) is 4.94. The van der Waals surface area contributed by atoms with Gasteiger partial charge in [0.25, 0.3) is 0 Å². The summed E-state index contributed by atoms with van der Waals surface area (Å²) in [6.45, 7) is 1.08. The van der Waals surface area contributed by atoms with E-state index in [-0.39, 0.29) is 0 Å². The number of carbonyl (C=O) groups is 1. The van der Waals surface area contributed by atoms with Crippen molar-refractivity contribution >= 4 is 40.6 Å². The number of anilines is 2. The average Bonchev–Trinajstić information content (AvgIpc) is 3.28. The van der Waals surface area contributed by atoms with Gasteiger partial charge in [-0.05, 0) is 67.5 Å². The number of hydrogen-bond donors (Lipinski definition) is 4. The Morgan fingerprint density at radius 2 is 2.00 bits per heavy atom. The molecule has 4 N–H and O–H groups in total. The van der Waals surface area contributed by atoms with Gasteiger partial charge in [-0.15, -0.1) is 0 Å². The number of carboxylic acid groups (broad SMARTS) is 1. The summed E-state index contributed by atoms with van der Waals surface area (Å²) in [6, 6.07) is 13.0. The molecule has 8 heteroatoms. The van der Waals surface area contributed by atoms with Gasteiger partial charge < -0.3 is 30.0 Å². The molecule has 0 aliphatic carbocycles. The first-order valence-electron chi connectivity index (χ1n) is 8.78. The zero-order chi connectivity index (χ0) is 18.8. The highest BCUT2D eigenvalue weighted by atomic mass is 32.1. The van der Waals surface area contributed by atoms with Crippen LogP contribution in [0.3, 0.4) is 0 Å². The molecular formula is C19H20N4O3S. The van der Waals surface area contributed by atoms with Crippen LogP contribution in [-0.2, 0) is 4.79 Å². The number of nitrogens with one attached hydrogen (secondary N) is 3. The van der Waals surface area contributed by atoms with E-state index in [0.717, 1.165) is 41.1 Å². The summed E-state index contributed by atoms with van der Waals surface area (Å²) in [6.07, 6.45) is 1.59. The van der Waals surface area contributed by atoms with E-state index in [4.69, 9.17) is 17.0 Å². The molecule has 140 valence electrons. The summed E-state index contributed by atoms with van der Waals surface area (Å²) in [4.78, 5) is 19.4. The largest absolute Gasteiger partial charge is 0.480 e. The van der Waals surface area contributed by atoms with E-state index in [1.807, 2.05) is 47.4 Å². The van der Waals surface area contributed by atoms with Crippen molar-refractivity contribution in [1.29, 1.82) is 0 Å². The minimum absolute atomic E-state index is 0.317. The summed E-state index contributed by atoms with van der Waals surface area (Å²) in [7, 11) is 0. The van der Waals surface area contributed by atoms with Gasteiger partial charge in [-0.1, -0.05) is 0 Å². The van der Waals surface area contributed by atoms with Gasteiger partial charge in [-0.2, -0.15) is 0 Å². The smallest absolute Gasteiger partial charge is 0.326 e. The molecule has 2 heterocycles. The first-order valence-corrected chi connectivity index (χ1v) is 9.19. The van der Waals surface area contributed by atoms with Gasteiger partial charge in [0, 0.05) is 17.9 Å². The van der Waals surface area contributed by atoms with Crippen LogP contribution in [0.5, 0.6) is 5.75 Å². The molecule has 1 aromatic heterocycles. The van der Waals surface area contributed by atoms with Gasteiger partial charge in [0.05, 0.1) is 11.0 Å². The zero-order valence-electron chi connectivity index (χ0n) is 14.6. The lowest BCUT2D eigenvalue weighted by atomic mass is 10.2. The van der Waals surface area contributed by atoms with E-state index in [0.29, 0.717) is 17.9 Å². The molecule has 1 aliphatic rings. The Morgan fingerprint density at radius 1 is 1.22 bits per heavy atom. The Labute approximate surface area is 161 Å². The van der Waals surface area contributed by atoms with Gasteiger partial charge in [0.15, 0.2) is 11.5 Å². The Hall–Kier alpha value is -3.00. The molecule has 0 bridgehead atoms. The Morgan fingerprint density at radius 3 is 2.78 bits per heavy atom. The summed E-state index contributed by atoms with van der Waals surface area (Å²) >= 11 is 5.09. The summed E-state index contributed by atoms with van der Waals surface area (Å²) in [5, 5.41) is 12.5. The number of hydrogen-bond acceptors (Lipinski definition) is 5. The number of fused-ring (bicyclic) bond motifs is 1. The number of rotatable bonds is 6. The van der Waals surface area contributed by atoms with E-state index in [2.05, 4.69) is 15.3 Å². The molecule has 1 saturated heterocycles. The molecule has 1 atom stereocenters. The molecule has 0 amide bonds. The van der Waals surface area contributed by atoms with Crippen LogP contribution in [0.2, 0.25) is 0 Å². The van der Waals surface area contributed by atoms with Crippen LogP contribution in [0.15, 0.2) is 42.5 Å². The van der Waals surface area contributed by atoms with Crippen LogP contribution < -0.4 is 15.0 Å². The van der Waals surface area contributed by atoms with Crippen molar-refractivity contribution in [2.45, 2.75) is 18.9 Å². The van der Waals surface area contributed by atoms with Crippen molar-refractivity contribution in [3.05, 3.63) is 47.2 Å². The summed E-state index contributed by atoms with van der Waals surface area (Å²) < 4.78 is 6.33. The molecule has 1 aliphatic heterocycles. The summed E-state index contributed by atoms with van der Waals surface area (Å²) in [5.41, 5.74) is 3.73. The third-order valence-electron chi connectivity index (χ3n) is 4.74. The minimum Gasteiger partial charge on any atom is -0.480 e. The molecule has 4 rings (SSSR count). The lowest BCUT2D eigenvalue weighted by Crippen LogP contribution is -2.35. The SMILES string of the molecule is O=C(O)C1CCCN1c1ccc(OCNc2ccc3[nH]c(=S)[nH]c3c2)cc1. The van der Waals surface area contributed by atoms with E-state index < -0.39 is 12.0 Å². The number of carboxylic acids is 1. The minimum atomic E-state index is -0.767. The number of H-pyrrole nitrogens is 2. The maximum absolute atomic E-state index is 11.3. The third kappa shape index (κ3) is 3.75. The number of aromatic nitrogens is 2. The highest BCUT2D eigenvalue weighted by Crippen LogP contribution is 2.27. The number of ether oxygens (including phenoxy) is 1. The molecule has 7 nitrogen and oxygen atoms in total. The normalized spacial score (nSPS) is 16.6. The van der Waals surface area contributed by atoms with Crippen molar-refractivity contribution in [1.82, 2.24) is 9.97 Å². The molecule has 1 fully saturated rings. The van der Waals surface area contributed by atoms with Crippen LogP contribution in [0.4, 0.5) is 11.4 Å². The van der Waals surface area contributed by atoms with Gasteiger partial charge in [-0.3, -0.25) is 0 Å². The standard InChI is InChI=1S/C19H20N4O3S/c24-18(25)17-2-1-9-23(17)13-4-6-14(7-5-13)26-11-20-12-3-8-15-16(10-12)22-19(27)21-15/h3-8,10,17,20H,1-2,9,11H2,(H,24,25)(H2,21,22,27). The fourth-order valence-corrected chi connectivity index (χ4v) is 3.63. The quantitative estimate of drug-likeness (QED) is 0.382. The number of imidazole rings is 1. The second-order valence-corrected chi connectivity index (χ2v) is 6.90. The fourth-order valence-electron chi connectivity index (χ4n) is 3.41. The molecule has 2 aromatic carbocycles. The van der Waals surface area contributed by atoms with Crippen molar-refractivity contribution < 1.29 is 14.6 Å². The predicted molar refractivity (Wildman–Crippen MR) is 107 cm³/mol. The molecule has 0 spiro atoms. The Balaban J connectivity index is 1.35. The maximum Gasteiger partial charge on any atom is 0.326 e. The van der Waals surface area contributed by atoms with Gasteiger partial charge >= 0.3 is 5.97 Å². The van der Waals surface area contributed by atoms with Crippen LogP contribution in [0.25, 0.3) is 11.0 Å². The monoisotopic (exact) mass is 384 g/mol. The highest BCUT2D eigenvalue weighted by Gasteiger charge is 2.30. The van der Waals surface area contributed by atoms with E-state index >= 15 is 0 Å². The lowest BCUT2D eigenvalue weighted by Gasteiger charge is -2.23. The topological polar surface area (TPSA) is 93.4 Å². The van der Waals surface area contributed by atoms with E-state index in [1.54, 1.807) is 0 Å². The average molecular weight is 384 g/mol. The Bertz CT molecular complexity index is 1010. The Kier molecular flexibility index (Phi) is 4.72. The second-order valence-electron chi connectivity index (χ2n) is 6.49. The van der Waals surface area contributed by atoms with E-state index in [1.165, 1.54) is 0 Å². The van der Waals surface area contributed by atoms with Gasteiger partial charge in [0.1, 0.15) is 11.8 Å².